The van der Waals surface area contributed by atoms with Crippen LogP contribution in [-0.2, 0) is 10.3 Å². The summed E-state index contributed by atoms with van der Waals surface area (Å²) in [4.78, 5) is 27.7. The fourth-order valence-corrected chi connectivity index (χ4v) is 4.70. The maximum absolute atomic E-state index is 13.2. The Morgan fingerprint density at radius 2 is 1.62 bits per heavy atom. The molecular weight excluding hydrogens is 280 g/mol. The molecule has 1 saturated heterocycles. The van der Waals surface area contributed by atoms with Gasteiger partial charge < -0.3 is 4.90 Å². The molecule has 21 heavy (non-hydrogen) atoms. The van der Waals surface area contributed by atoms with Crippen LogP contribution in [0.3, 0.4) is 0 Å². The molecule has 0 N–H and O–H groups in total. The Morgan fingerprint density at radius 3 is 2.05 bits per heavy atom. The number of nitrogens with zero attached hydrogens (tertiary/aromatic N) is 2. The van der Waals surface area contributed by atoms with E-state index in [4.69, 9.17) is 0 Å². The van der Waals surface area contributed by atoms with E-state index < -0.39 is 13.8 Å². The van der Waals surface area contributed by atoms with Gasteiger partial charge in [0.25, 0.3) is 5.91 Å². The molecule has 1 aliphatic rings. The quantitative estimate of drug-likeness (QED) is 0.632. The number of hydrogen-bond donors (Lipinski definition) is 0. The van der Waals surface area contributed by atoms with Gasteiger partial charge in [-0.1, -0.05) is 56.9 Å². The van der Waals surface area contributed by atoms with Crippen LogP contribution in [0, 0.1) is 0 Å². The van der Waals surface area contributed by atoms with Gasteiger partial charge in [0.15, 0.2) is 8.24 Å². The van der Waals surface area contributed by atoms with Gasteiger partial charge in [0, 0.05) is 6.54 Å². The number of benzene rings is 1. The van der Waals surface area contributed by atoms with E-state index in [1.807, 2.05) is 63.8 Å². The molecule has 0 saturated carbocycles. The Labute approximate surface area is 127 Å². The first kappa shape index (κ1) is 15.8. The second-order valence-corrected chi connectivity index (χ2v) is 11.2. The third kappa shape index (κ3) is 2.20. The SMILES string of the molecule is CCN1C(=O)N([Si](C)(C)C)C(=O)C1(CC)c1ccccc1. The van der Waals surface area contributed by atoms with Gasteiger partial charge in [-0.05, 0) is 18.9 Å². The molecule has 5 heteroatoms. The first-order valence-electron chi connectivity index (χ1n) is 7.52. The molecule has 0 aliphatic carbocycles. The summed E-state index contributed by atoms with van der Waals surface area (Å²) in [6.45, 7) is 10.6. The minimum absolute atomic E-state index is 0.0535. The number of carbonyl (C=O) groups is 2. The summed E-state index contributed by atoms with van der Waals surface area (Å²) in [7, 11) is -2.05. The molecule has 0 radical (unpaired) electrons. The molecule has 1 atom stereocenters. The molecule has 1 fully saturated rings. The molecule has 4 nitrogen and oxygen atoms in total. The van der Waals surface area contributed by atoms with Gasteiger partial charge in [-0.2, -0.15) is 0 Å². The van der Waals surface area contributed by atoms with E-state index in [9.17, 15) is 9.59 Å². The Bertz CT molecular complexity index is 553. The average molecular weight is 304 g/mol. The Kier molecular flexibility index (Phi) is 3.97. The van der Waals surface area contributed by atoms with E-state index in [0.717, 1.165) is 5.56 Å². The van der Waals surface area contributed by atoms with Crippen LogP contribution >= 0.6 is 0 Å². The molecule has 0 aromatic heterocycles. The number of urea groups is 1. The van der Waals surface area contributed by atoms with Crippen molar-refractivity contribution in [3.05, 3.63) is 35.9 Å². The largest absolute Gasteiger partial charge is 0.319 e. The van der Waals surface area contributed by atoms with Crippen LogP contribution in [0.15, 0.2) is 30.3 Å². The first-order chi connectivity index (χ1) is 9.80. The molecule has 3 amide bonds. The number of hydrogen-bond acceptors (Lipinski definition) is 2. The molecular formula is C16H24N2O2Si. The normalized spacial score (nSPS) is 23.1. The smallest absolute Gasteiger partial charge is 0.306 e. The van der Waals surface area contributed by atoms with Gasteiger partial charge in [-0.25, -0.2) is 4.79 Å². The zero-order valence-electron chi connectivity index (χ0n) is 13.5. The predicted octanol–water partition coefficient (Wildman–Crippen LogP) is 3.41. The fraction of sp³-hybridized carbons (Fsp3) is 0.500. The van der Waals surface area contributed by atoms with Crippen molar-refractivity contribution in [2.45, 2.75) is 45.4 Å². The summed E-state index contributed by atoms with van der Waals surface area (Å²) in [6.07, 6.45) is 0.594. The number of carbonyl (C=O) groups excluding carboxylic acids is 2. The lowest BCUT2D eigenvalue weighted by Crippen LogP contribution is -2.51. The zero-order chi connectivity index (χ0) is 15.8. The predicted molar refractivity (Wildman–Crippen MR) is 86.4 cm³/mol. The summed E-state index contributed by atoms with van der Waals surface area (Å²) in [5.41, 5.74) is 0.0707. The van der Waals surface area contributed by atoms with Crippen molar-refractivity contribution in [1.82, 2.24) is 9.47 Å². The molecule has 2 rings (SSSR count). The van der Waals surface area contributed by atoms with Crippen molar-refractivity contribution < 1.29 is 9.59 Å². The van der Waals surface area contributed by atoms with Crippen molar-refractivity contribution in [2.75, 3.05) is 6.54 Å². The van der Waals surface area contributed by atoms with Crippen molar-refractivity contribution in [2.24, 2.45) is 0 Å². The molecule has 1 aromatic rings. The van der Waals surface area contributed by atoms with Crippen molar-refractivity contribution in [3.63, 3.8) is 0 Å². The minimum atomic E-state index is -2.05. The highest BCUT2D eigenvalue weighted by atomic mass is 28.3. The standard InChI is InChI=1S/C16H24N2O2Si/c1-6-16(13-11-9-8-10-12-13)14(19)18(21(3,4)5)15(20)17(16)7-2/h8-12H,6-7H2,1-5H3. The van der Waals surface area contributed by atoms with Gasteiger partial charge in [0.2, 0.25) is 0 Å². The second-order valence-electron chi connectivity index (χ2n) is 6.42. The van der Waals surface area contributed by atoms with Crippen LogP contribution in [-0.4, -0.2) is 36.2 Å². The molecule has 114 valence electrons. The Morgan fingerprint density at radius 1 is 1.05 bits per heavy atom. The van der Waals surface area contributed by atoms with E-state index in [0.29, 0.717) is 13.0 Å². The van der Waals surface area contributed by atoms with Gasteiger partial charge in [-0.15, -0.1) is 0 Å². The van der Waals surface area contributed by atoms with Crippen LogP contribution < -0.4 is 0 Å². The van der Waals surface area contributed by atoms with Gasteiger partial charge in [-0.3, -0.25) is 9.36 Å². The highest BCUT2D eigenvalue weighted by molar-refractivity contribution is 6.78. The lowest BCUT2D eigenvalue weighted by Gasteiger charge is -2.34. The van der Waals surface area contributed by atoms with Crippen molar-refractivity contribution >= 4 is 20.2 Å². The Hall–Kier alpha value is -1.62. The highest BCUT2D eigenvalue weighted by Crippen LogP contribution is 2.41. The maximum atomic E-state index is 13.2. The third-order valence-electron chi connectivity index (χ3n) is 4.19. The van der Waals surface area contributed by atoms with E-state index in [2.05, 4.69) is 0 Å². The van der Waals surface area contributed by atoms with Gasteiger partial charge >= 0.3 is 6.03 Å². The third-order valence-corrected chi connectivity index (χ3v) is 5.93. The van der Waals surface area contributed by atoms with Gasteiger partial charge in [0.1, 0.15) is 5.54 Å². The molecule has 0 spiro atoms. The molecule has 0 bridgehead atoms. The molecule has 1 aromatic carbocycles. The summed E-state index contributed by atoms with van der Waals surface area (Å²) in [5, 5.41) is 0. The highest BCUT2D eigenvalue weighted by Gasteiger charge is 2.59. The number of imide groups is 1. The van der Waals surface area contributed by atoms with Crippen molar-refractivity contribution in [1.29, 1.82) is 0 Å². The molecule has 1 heterocycles. The first-order valence-corrected chi connectivity index (χ1v) is 11.0. The van der Waals surface area contributed by atoms with Crippen LogP contribution in [0.2, 0.25) is 19.6 Å². The van der Waals surface area contributed by atoms with Crippen molar-refractivity contribution in [3.8, 4) is 0 Å². The number of rotatable bonds is 4. The Balaban J connectivity index is 2.65. The summed E-state index contributed by atoms with van der Waals surface area (Å²) in [5.74, 6) is -0.0535. The maximum Gasteiger partial charge on any atom is 0.319 e. The number of amides is 3. The lowest BCUT2D eigenvalue weighted by atomic mass is 9.86. The lowest BCUT2D eigenvalue weighted by molar-refractivity contribution is -0.131. The summed E-state index contributed by atoms with van der Waals surface area (Å²) in [6, 6.07) is 9.55. The molecule has 1 aliphatic heterocycles. The topological polar surface area (TPSA) is 40.6 Å². The van der Waals surface area contributed by atoms with Crippen LogP contribution in [0.5, 0.6) is 0 Å². The van der Waals surface area contributed by atoms with Gasteiger partial charge in [0.05, 0.1) is 0 Å². The zero-order valence-corrected chi connectivity index (χ0v) is 14.5. The summed E-state index contributed by atoms with van der Waals surface area (Å²) >= 11 is 0. The second kappa shape index (κ2) is 5.29. The van der Waals surface area contributed by atoms with E-state index >= 15 is 0 Å². The van der Waals surface area contributed by atoms with E-state index in [1.54, 1.807) is 9.47 Å². The van der Waals surface area contributed by atoms with Crippen LogP contribution in [0.1, 0.15) is 25.8 Å². The van der Waals surface area contributed by atoms with E-state index in [1.165, 1.54) is 0 Å². The van der Waals surface area contributed by atoms with E-state index in [-0.39, 0.29) is 11.9 Å². The molecule has 1 unspecified atom stereocenters. The van der Waals surface area contributed by atoms with Crippen LogP contribution in [0.4, 0.5) is 4.79 Å². The minimum Gasteiger partial charge on any atom is -0.306 e. The van der Waals surface area contributed by atoms with Crippen LogP contribution in [0.25, 0.3) is 0 Å². The fourth-order valence-electron chi connectivity index (χ4n) is 3.21. The summed E-state index contributed by atoms with van der Waals surface area (Å²) < 4.78 is 1.55. The number of likely N-dealkylation sites (N-methyl/N-ethyl adjacent to an activating group) is 1. The monoisotopic (exact) mass is 304 g/mol. The average Bonchev–Trinajstić information content (AvgIpc) is 2.66.